The molecule has 1 unspecified atom stereocenters. The van der Waals surface area contributed by atoms with Crippen LogP contribution in [0, 0.1) is 12.8 Å². The molecule has 1 rings (SSSR count). The molecule has 0 aliphatic rings. The largest absolute Gasteiger partial charge is 0.480 e. The molecule has 0 fully saturated rings. The Labute approximate surface area is 129 Å². The first-order valence-corrected chi connectivity index (χ1v) is 7.99. The predicted octanol–water partition coefficient (Wildman–Crippen LogP) is 0.677. The van der Waals surface area contributed by atoms with Crippen molar-refractivity contribution in [3.05, 3.63) is 17.6 Å². The molecule has 1 amide bonds. The molecular weight excluding hydrogens is 312 g/mol. The number of aliphatic carboxylic acids is 1. The highest BCUT2D eigenvalue weighted by Gasteiger charge is 2.29. The van der Waals surface area contributed by atoms with Crippen LogP contribution in [0.2, 0.25) is 0 Å². The monoisotopic (exact) mass is 332 g/mol. The molecule has 8 nitrogen and oxygen atoms in total. The summed E-state index contributed by atoms with van der Waals surface area (Å²) in [7, 11) is -1.01. The molecule has 1 atom stereocenters. The number of hydrogen-bond donors (Lipinski definition) is 2. The minimum atomic E-state index is -3.74. The van der Waals surface area contributed by atoms with Gasteiger partial charge < -0.3 is 14.8 Å². The number of nitrogens with zero attached hydrogens (tertiary/aromatic N) is 1. The summed E-state index contributed by atoms with van der Waals surface area (Å²) in [6.07, 6.45) is 0. The zero-order valence-electron chi connectivity index (χ0n) is 13.1. The molecule has 0 aliphatic carbocycles. The Kier molecular flexibility index (Phi) is 5.36. The van der Waals surface area contributed by atoms with Gasteiger partial charge in [-0.25, -0.2) is 17.5 Å². The van der Waals surface area contributed by atoms with Crippen molar-refractivity contribution in [1.82, 2.24) is 9.62 Å². The summed E-state index contributed by atoms with van der Waals surface area (Å²) in [5, 5.41) is 11.4. The third kappa shape index (κ3) is 3.66. The molecule has 0 aromatic carbocycles. The Morgan fingerprint density at radius 1 is 1.32 bits per heavy atom. The van der Waals surface area contributed by atoms with Gasteiger partial charge in [-0.1, -0.05) is 13.8 Å². The average Bonchev–Trinajstić information content (AvgIpc) is 2.77. The summed E-state index contributed by atoms with van der Waals surface area (Å²) in [4.78, 5) is 23.0. The summed E-state index contributed by atoms with van der Waals surface area (Å²) >= 11 is 0. The van der Waals surface area contributed by atoms with Crippen LogP contribution in [0.1, 0.15) is 30.2 Å². The summed E-state index contributed by atoms with van der Waals surface area (Å²) in [5.41, 5.74) is 0. The SMILES string of the molecule is Cc1oc(C(=O)NC(C(=O)O)C(C)C)cc1S(=O)(=O)N(C)C. The fourth-order valence-electron chi connectivity index (χ4n) is 1.76. The van der Waals surface area contributed by atoms with Crippen molar-refractivity contribution in [1.29, 1.82) is 0 Å². The smallest absolute Gasteiger partial charge is 0.326 e. The topological polar surface area (TPSA) is 117 Å². The zero-order chi connectivity index (χ0) is 17.2. The minimum Gasteiger partial charge on any atom is -0.480 e. The molecule has 1 aromatic heterocycles. The van der Waals surface area contributed by atoms with Crippen LogP contribution in [0.25, 0.3) is 0 Å². The number of carboxylic acid groups (broad SMARTS) is 1. The normalized spacial score (nSPS) is 13.4. The zero-order valence-corrected chi connectivity index (χ0v) is 13.9. The van der Waals surface area contributed by atoms with Gasteiger partial charge in [0.15, 0.2) is 5.76 Å². The van der Waals surface area contributed by atoms with Crippen molar-refractivity contribution < 1.29 is 27.5 Å². The van der Waals surface area contributed by atoms with E-state index in [2.05, 4.69) is 5.32 Å². The lowest BCUT2D eigenvalue weighted by molar-refractivity contribution is -0.140. The van der Waals surface area contributed by atoms with Gasteiger partial charge >= 0.3 is 5.97 Å². The maximum absolute atomic E-state index is 12.1. The van der Waals surface area contributed by atoms with Gasteiger partial charge in [0.05, 0.1) is 0 Å². The van der Waals surface area contributed by atoms with E-state index in [0.717, 1.165) is 10.4 Å². The first-order chi connectivity index (χ1) is 9.98. The summed E-state index contributed by atoms with van der Waals surface area (Å²) in [5.74, 6) is -2.46. The molecule has 0 saturated heterocycles. The molecule has 2 N–H and O–H groups in total. The summed E-state index contributed by atoms with van der Waals surface area (Å²) in [6, 6.07) is 0.00555. The molecular formula is C13H20N2O6S. The van der Waals surface area contributed by atoms with Crippen LogP contribution in [-0.2, 0) is 14.8 Å². The number of amides is 1. The second-order valence-electron chi connectivity index (χ2n) is 5.35. The van der Waals surface area contributed by atoms with E-state index < -0.39 is 27.9 Å². The van der Waals surface area contributed by atoms with Gasteiger partial charge in [-0.2, -0.15) is 0 Å². The molecule has 0 radical (unpaired) electrons. The quantitative estimate of drug-likeness (QED) is 0.791. The van der Waals surface area contributed by atoms with Crippen molar-refractivity contribution in [2.45, 2.75) is 31.7 Å². The van der Waals surface area contributed by atoms with Crippen LogP contribution in [-0.4, -0.2) is 49.8 Å². The van der Waals surface area contributed by atoms with Crippen molar-refractivity contribution in [2.75, 3.05) is 14.1 Å². The van der Waals surface area contributed by atoms with Gasteiger partial charge in [-0.05, 0) is 12.8 Å². The van der Waals surface area contributed by atoms with E-state index in [9.17, 15) is 18.0 Å². The molecule has 22 heavy (non-hydrogen) atoms. The van der Waals surface area contributed by atoms with E-state index in [1.165, 1.54) is 21.0 Å². The number of rotatable bonds is 6. The number of aryl methyl sites for hydroxylation is 1. The van der Waals surface area contributed by atoms with E-state index in [-0.39, 0.29) is 22.3 Å². The Balaban J connectivity index is 3.10. The van der Waals surface area contributed by atoms with Gasteiger partial charge in [0, 0.05) is 20.2 Å². The van der Waals surface area contributed by atoms with E-state index in [1.807, 2.05) is 0 Å². The summed E-state index contributed by atoms with van der Waals surface area (Å²) in [6.45, 7) is 4.72. The van der Waals surface area contributed by atoms with Gasteiger partial charge in [-0.15, -0.1) is 0 Å². The lowest BCUT2D eigenvalue weighted by atomic mass is 10.0. The van der Waals surface area contributed by atoms with Crippen molar-refractivity contribution in [3.63, 3.8) is 0 Å². The van der Waals surface area contributed by atoms with Gasteiger partial charge in [0.1, 0.15) is 16.7 Å². The van der Waals surface area contributed by atoms with E-state index in [1.54, 1.807) is 13.8 Å². The molecule has 124 valence electrons. The van der Waals surface area contributed by atoms with Crippen molar-refractivity contribution in [3.8, 4) is 0 Å². The molecule has 9 heteroatoms. The fraction of sp³-hybridized carbons (Fsp3) is 0.538. The second kappa shape index (κ2) is 6.49. The number of furan rings is 1. The van der Waals surface area contributed by atoms with Crippen molar-refractivity contribution >= 4 is 21.9 Å². The van der Waals surface area contributed by atoms with Gasteiger partial charge in [-0.3, -0.25) is 4.79 Å². The van der Waals surface area contributed by atoms with Crippen LogP contribution in [0.15, 0.2) is 15.4 Å². The van der Waals surface area contributed by atoms with E-state index in [4.69, 9.17) is 9.52 Å². The second-order valence-corrected chi connectivity index (χ2v) is 7.47. The van der Waals surface area contributed by atoms with Crippen LogP contribution >= 0.6 is 0 Å². The number of carboxylic acids is 1. The van der Waals surface area contributed by atoms with E-state index >= 15 is 0 Å². The summed E-state index contributed by atoms with van der Waals surface area (Å²) < 4.78 is 30.3. The molecule has 0 bridgehead atoms. The maximum atomic E-state index is 12.1. The Morgan fingerprint density at radius 2 is 1.86 bits per heavy atom. The molecule has 0 saturated carbocycles. The molecule has 1 heterocycles. The molecule has 0 aliphatic heterocycles. The van der Waals surface area contributed by atoms with Crippen LogP contribution < -0.4 is 5.32 Å². The van der Waals surface area contributed by atoms with Gasteiger partial charge in [0.25, 0.3) is 5.91 Å². The predicted molar refractivity (Wildman–Crippen MR) is 78.0 cm³/mol. The third-order valence-corrected chi connectivity index (χ3v) is 5.00. The number of sulfonamides is 1. The van der Waals surface area contributed by atoms with Crippen LogP contribution in [0.5, 0.6) is 0 Å². The van der Waals surface area contributed by atoms with Gasteiger partial charge in [0.2, 0.25) is 10.0 Å². The highest BCUT2D eigenvalue weighted by molar-refractivity contribution is 7.89. The minimum absolute atomic E-state index is 0.0651. The Morgan fingerprint density at radius 3 is 2.27 bits per heavy atom. The van der Waals surface area contributed by atoms with Crippen molar-refractivity contribution in [2.24, 2.45) is 5.92 Å². The number of carbonyl (C=O) groups is 2. The highest BCUT2D eigenvalue weighted by Crippen LogP contribution is 2.22. The number of hydrogen-bond acceptors (Lipinski definition) is 5. The molecule has 0 spiro atoms. The van der Waals surface area contributed by atoms with Crippen LogP contribution in [0.3, 0.4) is 0 Å². The first kappa shape index (κ1) is 18.2. The standard InChI is InChI=1S/C13H20N2O6S/c1-7(2)11(13(17)18)14-12(16)9-6-10(8(3)21-9)22(19,20)15(4)5/h6-7,11H,1-5H3,(H,14,16)(H,17,18). The lowest BCUT2D eigenvalue weighted by Gasteiger charge is -2.16. The highest BCUT2D eigenvalue weighted by atomic mass is 32.2. The lowest BCUT2D eigenvalue weighted by Crippen LogP contribution is -2.44. The third-order valence-electron chi connectivity index (χ3n) is 3.07. The number of carbonyl (C=O) groups excluding carboxylic acids is 1. The maximum Gasteiger partial charge on any atom is 0.326 e. The fourth-order valence-corrected chi connectivity index (χ4v) is 2.81. The van der Waals surface area contributed by atoms with Crippen LogP contribution in [0.4, 0.5) is 0 Å². The Hall–Kier alpha value is -1.87. The molecule has 1 aromatic rings. The van der Waals surface area contributed by atoms with E-state index in [0.29, 0.717) is 0 Å². The average molecular weight is 332 g/mol. The first-order valence-electron chi connectivity index (χ1n) is 6.55. The number of nitrogens with one attached hydrogen (secondary N) is 1. The Bertz CT molecular complexity index is 675.